The van der Waals surface area contributed by atoms with Crippen molar-refractivity contribution in [3.05, 3.63) is 88.5 Å². The van der Waals surface area contributed by atoms with Gasteiger partial charge in [-0.1, -0.05) is 6.07 Å². The highest BCUT2D eigenvalue weighted by atomic mass is 19.1. The molecular weight excluding hydrogens is 430 g/mol. The van der Waals surface area contributed by atoms with Gasteiger partial charge in [0.2, 0.25) is 5.91 Å². The molecule has 0 saturated heterocycles. The number of fused-ring (bicyclic) bond motifs is 1. The Balaban J connectivity index is 1.42. The van der Waals surface area contributed by atoms with Gasteiger partial charge in [-0.2, -0.15) is 5.10 Å². The number of hydrogen-bond donors (Lipinski definition) is 1. The van der Waals surface area contributed by atoms with Crippen LogP contribution in [0.25, 0.3) is 16.8 Å². The first-order valence-electron chi connectivity index (χ1n) is 10.5. The molecular formula is C24H22F2N4O3. The number of carbonyl (C=O) groups is 1. The average Bonchev–Trinajstić information content (AvgIpc) is 3.24. The van der Waals surface area contributed by atoms with E-state index in [-0.39, 0.29) is 36.5 Å². The third kappa shape index (κ3) is 5.08. The van der Waals surface area contributed by atoms with Gasteiger partial charge in [0.15, 0.2) is 0 Å². The highest BCUT2D eigenvalue weighted by Crippen LogP contribution is 2.22. The summed E-state index contributed by atoms with van der Waals surface area (Å²) in [6, 6.07) is 12.3. The van der Waals surface area contributed by atoms with Crippen LogP contribution in [0.4, 0.5) is 8.78 Å². The number of carbonyl (C=O) groups excluding carboxylic acids is 1. The van der Waals surface area contributed by atoms with Crippen LogP contribution in [0.15, 0.2) is 65.7 Å². The van der Waals surface area contributed by atoms with Crippen molar-refractivity contribution in [1.82, 2.24) is 19.5 Å². The van der Waals surface area contributed by atoms with Crippen LogP contribution < -0.4 is 15.6 Å². The minimum absolute atomic E-state index is 0.0266. The monoisotopic (exact) mass is 452 g/mol. The highest BCUT2D eigenvalue weighted by molar-refractivity contribution is 5.75. The fourth-order valence-electron chi connectivity index (χ4n) is 3.40. The number of aromatic nitrogens is 3. The zero-order valence-electron chi connectivity index (χ0n) is 17.9. The second kappa shape index (κ2) is 9.64. The summed E-state index contributed by atoms with van der Waals surface area (Å²) >= 11 is 0. The normalized spacial score (nSPS) is 11.0. The molecule has 9 heteroatoms. The van der Waals surface area contributed by atoms with Crippen LogP contribution in [0.3, 0.4) is 0 Å². The van der Waals surface area contributed by atoms with Crippen molar-refractivity contribution in [2.75, 3.05) is 6.61 Å². The van der Waals surface area contributed by atoms with Crippen molar-refractivity contribution in [3.63, 3.8) is 0 Å². The van der Waals surface area contributed by atoms with Crippen LogP contribution in [-0.2, 0) is 17.9 Å². The van der Waals surface area contributed by atoms with Crippen molar-refractivity contribution in [1.29, 1.82) is 0 Å². The number of benzene rings is 2. The van der Waals surface area contributed by atoms with Gasteiger partial charge < -0.3 is 14.6 Å². The Labute approximate surface area is 188 Å². The Bertz CT molecular complexity index is 1350. The Morgan fingerprint density at radius 1 is 1.09 bits per heavy atom. The summed E-state index contributed by atoms with van der Waals surface area (Å²) in [6.07, 6.45) is 3.25. The molecule has 0 atom stereocenters. The van der Waals surface area contributed by atoms with E-state index < -0.39 is 11.6 Å². The topological polar surface area (TPSA) is 77.6 Å². The second-order valence-electron chi connectivity index (χ2n) is 7.38. The molecule has 4 rings (SSSR count). The van der Waals surface area contributed by atoms with Gasteiger partial charge in [-0.05, 0) is 43.3 Å². The van der Waals surface area contributed by atoms with Gasteiger partial charge in [0.05, 0.1) is 12.3 Å². The van der Waals surface area contributed by atoms with Crippen molar-refractivity contribution >= 4 is 11.4 Å². The van der Waals surface area contributed by atoms with Crippen LogP contribution in [0.5, 0.6) is 5.75 Å². The zero-order chi connectivity index (χ0) is 23.4. The summed E-state index contributed by atoms with van der Waals surface area (Å²) in [5, 5.41) is 7.03. The standard InChI is InChI=1S/C24H22F2N4O3/c1-2-33-19-7-4-16(5-8-19)21-14-22-24(32)29(11-12-30(22)28-21)10-9-23(31)27-15-17-3-6-18(25)13-20(17)26/h3-8,11-14H,2,9-10,15H2,1H3,(H,27,31). The minimum atomic E-state index is -0.721. The van der Waals surface area contributed by atoms with Gasteiger partial charge >= 0.3 is 0 Å². The SMILES string of the molecule is CCOc1ccc(-c2cc3c(=O)n(CCC(=O)NCc4ccc(F)cc4F)ccn3n2)cc1. The fourth-order valence-corrected chi connectivity index (χ4v) is 3.40. The van der Waals surface area contributed by atoms with Gasteiger partial charge in [0.25, 0.3) is 5.56 Å². The Morgan fingerprint density at radius 3 is 2.61 bits per heavy atom. The lowest BCUT2D eigenvalue weighted by atomic mass is 10.1. The molecule has 0 unspecified atom stereocenters. The number of hydrogen-bond acceptors (Lipinski definition) is 4. The number of nitrogens with zero attached hydrogens (tertiary/aromatic N) is 3. The van der Waals surface area contributed by atoms with E-state index in [1.807, 2.05) is 31.2 Å². The number of nitrogens with one attached hydrogen (secondary N) is 1. The van der Waals surface area contributed by atoms with Gasteiger partial charge in [0, 0.05) is 49.1 Å². The summed E-state index contributed by atoms with van der Waals surface area (Å²) in [5.74, 6) is -0.995. The fraction of sp³-hybridized carbons (Fsp3) is 0.208. The van der Waals surface area contributed by atoms with E-state index in [2.05, 4.69) is 10.4 Å². The largest absolute Gasteiger partial charge is 0.494 e. The predicted molar refractivity (Wildman–Crippen MR) is 119 cm³/mol. The first-order chi connectivity index (χ1) is 15.9. The minimum Gasteiger partial charge on any atom is -0.494 e. The Kier molecular flexibility index (Phi) is 6.48. The van der Waals surface area contributed by atoms with Crippen molar-refractivity contribution in [2.24, 2.45) is 0 Å². The summed E-state index contributed by atoms with van der Waals surface area (Å²) in [6.45, 7) is 2.58. The maximum Gasteiger partial charge on any atom is 0.276 e. The summed E-state index contributed by atoms with van der Waals surface area (Å²) in [5.41, 5.74) is 1.78. The van der Waals surface area contributed by atoms with E-state index in [0.29, 0.717) is 17.8 Å². The molecule has 0 radical (unpaired) electrons. The molecule has 2 aromatic heterocycles. The lowest BCUT2D eigenvalue weighted by molar-refractivity contribution is -0.121. The maximum absolute atomic E-state index is 13.7. The molecule has 0 spiro atoms. The van der Waals surface area contributed by atoms with E-state index in [9.17, 15) is 18.4 Å². The van der Waals surface area contributed by atoms with Gasteiger partial charge in [0.1, 0.15) is 22.9 Å². The predicted octanol–water partition coefficient (Wildman–Crippen LogP) is 3.55. The Morgan fingerprint density at radius 2 is 1.88 bits per heavy atom. The second-order valence-corrected chi connectivity index (χ2v) is 7.38. The van der Waals surface area contributed by atoms with E-state index in [4.69, 9.17) is 4.74 Å². The van der Waals surface area contributed by atoms with Gasteiger partial charge in [-0.25, -0.2) is 13.3 Å². The number of ether oxygens (including phenoxy) is 1. The molecule has 2 heterocycles. The first-order valence-corrected chi connectivity index (χ1v) is 10.5. The number of amides is 1. The summed E-state index contributed by atoms with van der Waals surface area (Å²) < 4.78 is 35.0. The molecule has 4 aromatic rings. The molecule has 0 aliphatic rings. The summed E-state index contributed by atoms with van der Waals surface area (Å²) in [7, 11) is 0. The number of aryl methyl sites for hydroxylation is 1. The summed E-state index contributed by atoms with van der Waals surface area (Å²) in [4.78, 5) is 25.0. The average molecular weight is 452 g/mol. The molecule has 0 aliphatic heterocycles. The van der Waals surface area contributed by atoms with Gasteiger partial charge in [-0.3, -0.25) is 9.59 Å². The van der Waals surface area contributed by atoms with E-state index in [0.717, 1.165) is 23.4 Å². The molecule has 1 N–H and O–H groups in total. The molecule has 2 aromatic carbocycles. The quantitative estimate of drug-likeness (QED) is 0.444. The van der Waals surface area contributed by atoms with Crippen molar-refractivity contribution < 1.29 is 18.3 Å². The van der Waals surface area contributed by atoms with E-state index in [1.165, 1.54) is 15.1 Å². The van der Waals surface area contributed by atoms with Crippen LogP contribution in [0.2, 0.25) is 0 Å². The molecule has 7 nitrogen and oxygen atoms in total. The van der Waals surface area contributed by atoms with Crippen LogP contribution in [0, 0.1) is 11.6 Å². The maximum atomic E-state index is 13.7. The molecule has 170 valence electrons. The lowest BCUT2D eigenvalue weighted by Crippen LogP contribution is -2.27. The zero-order valence-corrected chi connectivity index (χ0v) is 17.9. The van der Waals surface area contributed by atoms with Crippen LogP contribution >= 0.6 is 0 Å². The van der Waals surface area contributed by atoms with E-state index in [1.54, 1.807) is 18.5 Å². The molecule has 0 saturated carbocycles. The molecule has 0 fully saturated rings. The third-order valence-corrected chi connectivity index (χ3v) is 5.14. The first kappa shape index (κ1) is 22.2. The Hall–Kier alpha value is -4.01. The van der Waals surface area contributed by atoms with Crippen molar-refractivity contribution in [2.45, 2.75) is 26.4 Å². The molecule has 0 aliphatic carbocycles. The highest BCUT2D eigenvalue weighted by Gasteiger charge is 2.11. The van der Waals surface area contributed by atoms with E-state index >= 15 is 0 Å². The lowest BCUT2D eigenvalue weighted by Gasteiger charge is -2.08. The smallest absolute Gasteiger partial charge is 0.276 e. The number of halogens is 2. The van der Waals surface area contributed by atoms with Crippen LogP contribution in [0.1, 0.15) is 18.9 Å². The van der Waals surface area contributed by atoms with Crippen LogP contribution in [-0.4, -0.2) is 26.7 Å². The molecule has 33 heavy (non-hydrogen) atoms. The van der Waals surface area contributed by atoms with Gasteiger partial charge in [-0.15, -0.1) is 0 Å². The van der Waals surface area contributed by atoms with Crippen molar-refractivity contribution in [3.8, 4) is 17.0 Å². The molecule has 0 bridgehead atoms. The molecule has 1 amide bonds. The number of rotatable bonds is 8. The third-order valence-electron chi connectivity index (χ3n) is 5.14.